The third-order valence-corrected chi connectivity index (χ3v) is 6.24. The molecule has 9 heteroatoms. The van der Waals surface area contributed by atoms with Crippen molar-refractivity contribution in [3.8, 4) is 11.5 Å². The van der Waals surface area contributed by atoms with Crippen LogP contribution in [-0.4, -0.2) is 46.4 Å². The van der Waals surface area contributed by atoms with E-state index in [1.54, 1.807) is 32.2 Å². The topological polar surface area (TPSA) is 84.9 Å². The molecule has 28 heavy (non-hydrogen) atoms. The van der Waals surface area contributed by atoms with E-state index in [1.165, 1.54) is 38.4 Å². The minimum absolute atomic E-state index is 0.0645. The Bertz CT molecular complexity index is 932. The van der Waals surface area contributed by atoms with Crippen LogP contribution < -0.4 is 14.8 Å². The van der Waals surface area contributed by atoms with Crippen LogP contribution in [0.5, 0.6) is 11.5 Å². The highest BCUT2D eigenvalue weighted by Crippen LogP contribution is 2.29. The molecule has 0 aliphatic rings. The first kappa shape index (κ1) is 22.0. The molecular weight excluding hydrogens is 404 g/mol. The van der Waals surface area contributed by atoms with E-state index in [0.29, 0.717) is 16.5 Å². The van der Waals surface area contributed by atoms with Crippen LogP contribution in [0.15, 0.2) is 47.4 Å². The quantitative estimate of drug-likeness (QED) is 0.701. The summed E-state index contributed by atoms with van der Waals surface area (Å²) in [5.74, 6) is 0.771. The fraction of sp³-hybridized carbons (Fsp3) is 0.316. The number of methoxy groups -OCH3 is 2. The number of ether oxygens (including phenoxy) is 2. The van der Waals surface area contributed by atoms with Crippen LogP contribution in [0.2, 0.25) is 5.02 Å². The van der Waals surface area contributed by atoms with E-state index in [9.17, 15) is 13.2 Å². The van der Waals surface area contributed by atoms with Gasteiger partial charge in [0.25, 0.3) is 0 Å². The highest BCUT2D eigenvalue weighted by atomic mass is 35.5. The molecule has 0 aromatic heterocycles. The molecule has 1 amide bonds. The Labute approximate surface area is 170 Å². The van der Waals surface area contributed by atoms with Gasteiger partial charge in [0.1, 0.15) is 11.5 Å². The predicted molar refractivity (Wildman–Crippen MR) is 107 cm³/mol. The van der Waals surface area contributed by atoms with Gasteiger partial charge in [0.05, 0.1) is 31.7 Å². The Hall–Kier alpha value is -2.29. The molecule has 0 aliphatic carbocycles. The lowest BCUT2D eigenvalue weighted by molar-refractivity contribution is -0.121. The SMILES string of the molecule is COc1ccc(OC)c(C(C)NC(=O)CN(C)S(=O)(=O)c2ccc(Cl)cc2)c1. The maximum Gasteiger partial charge on any atom is 0.243 e. The molecular formula is C19H23ClN2O5S. The Morgan fingerprint density at radius 1 is 1.14 bits per heavy atom. The zero-order valence-electron chi connectivity index (χ0n) is 16.1. The third kappa shape index (κ3) is 5.15. The fourth-order valence-electron chi connectivity index (χ4n) is 2.62. The van der Waals surface area contributed by atoms with Crippen LogP contribution in [-0.2, 0) is 14.8 Å². The maximum atomic E-state index is 12.6. The Kier molecular flexibility index (Phi) is 7.29. The summed E-state index contributed by atoms with van der Waals surface area (Å²) in [6.45, 7) is 1.45. The number of benzene rings is 2. The molecule has 152 valence electrons. The van der Waals surface area contributed by atoms with E-state index in [1.807, 2.05) is 0 Å². The summed E-state index contributed by atoms with van der Waals surface area (Å²) in [4.78, 5) is 12.5. The van der Waals surface area contributed by atoms with Crippen LogP contribution >= 0.6 is 11.6 Å². The van der Waals surface area contributed by atoms with Crippen molar-refractivity contribution in [2.24, 2.45) is 0 Å². The second-order valence-electron chi connectivity index (χ2n) is 6.11. The van der Waals surface area contributed by atoms with Crippen molar-refractivity contribution in [1.29, 1.82) is 0 Å². The number of hydrogen-bond donors (Lipinski definition) is 1. The van der Waals surface area contributed by atoms with Crippen molar-refractivity contribution in [1.82, 2.24) is 9.62 Å². The number of hydrogen-bond acceptors (Lipinski definition) is 5. The molecule has 1 atom stereocenters. The number of carbonyl (C=O) groups is 1. The second-order valence-corrected chi connectivity index (χ2v) is 8.59. The van der Waals surface area contributed by atoms with E-state index in [4.69, 9.17) is 21.1 Å². The zero-order chi connectivity index (χ0) is 20.9. The average Bonchev–Trinajstić information content (AvgIpc) is 2.67. The number of nitrogens with one attached hydrogen (secondary N) is 1. The van der Waals surface area contributed by atoms with Gasteiger partial charge < -0.3 is 14.8 Å². The van der Waals surface area contributed by atoms with Crippen LogP contribution in [0.25, 0.3) is 0 Å². The van der Waals surface area contributed by atoms with Gasteiger partial charge in [-0.05, 0) is 49.4 Å². The maximum absolute atomic E-state index is 12.6. The summed E-state index contributed by atoms with van der Waals surface area (Å²) >= 11 is 5.80. The molecule has 0 bridgehead atoms. The summed E-state index contributed by atoms with van der Waals surface area (Å²) in [5, 5.41) is 3.22. The van der Waals surface area contributed by atoms with Crippen molar-refractivity contribution in [3.63, 3.8) is 0 Å². The van der Waals surface area contributed by atoms with Gasteiger partial charge >= 0.3 is 0 Å². The molecule has 0 saturated heterocycles. The minimum Gasteiger partial charge on any atom is -0.497 e. The summed E-state index contributed by atoms with van der Waals surface area (Å²) in [7, 11) is 0.623. The van der Waals surface area contributed by atoms with Gasteiger partial charge in [-0.2, -0.15) is 4.31 Å². The Morgan fingerprint density at radius 3 is 2.36 bits per heavy atom. The molecule has 2 aromatic carbocycles. The van der Waals surface area contributed by atoms with Gasteiger partial charge in [0.15, 0.2) is 0 Å². The first-order valence-corrected chi connectivity index (χ1v) is 10.2. The number of rotatable bonds is 8. The number of likely N-dealkylation sites (N-methyl/N-ethyl adjacent to an activating group) is 1. The van der Waals surface area contributed by atoms with E-state index in [-0.39, 0.29) is 11.4 Å². The Morgan fingerprint density at radius 2 is 1.79 bits per heavy atom. The number of carbonyl (C=O) groups excluding carboxylic acids is 1. The van der Waals surface area contributed by atoms with Gasteiger partial charge in [0.2, 0.25) is 15.9 Å². The number of sulfonamides is 1. The lowest BCUT2D eigenvalue weighted by Gasteiger charge is -2.21. The second kappa shape index (κ2) is 9.27. The lowest BCUT2D eigenvalue weighted by atomic mass is 10.1. The first-order valence-electron chi connectivity index (χ1n) is 8.42. The lowest BCUT2D eigenvalue weighted by Crippen LogP contribution is -2.39. The van der Waals surface area contributed by atoms with Crippen molar-refractivity contribution in [2.75, 3.05) is 27.8 Å². The summed E-state index contributed by atoms with van der Waals surface area (Å²) < 4.78 is 36.7. The van der Waals surface area contributed by atoms with E-state index >= 15 is 0 Å². The van der Waals surface area contributed by atoms with Gasteiger partial charge in [-0.3, -0.25) is 4.79 Å². The molecule has 0 saturated carbocycles. The molecule has 0 spiro atoms. The molecule has 0 radical (unpaired) electrons. The van der Waals surface area contributed by atoms with Crippen molar-refractivity contribution in [2.45, 2.75) is 17.9 Å². The fourth-order valence-corrected chi connectivity index (χ4v) is 3.87. The molecule has 1 N–H and O–H groups in total. The van der Waals surface area contributed by atoms with Crippen LogP contribution in [0.1, 0.15) is 18.5 Å². The van der Waals surface area contributed by atoms with E-state index in [0.717, 1.165) is 9.87 Å². The molecule has 7 nitrogen and oxygen atoms in total. The van der Waals surface area contributed by atoms with Crippen LogP contribution in [0, 0.1) is 0 Å². The van der Waals surface area contributed by atoms with E-state index in [2.05, 4.69) is 5.32 Å². The Balaban J connectivity index is 2.10. The largest absolute Gasteiger partial charge is 0.497 e. The normalized spacial score (nSPS) is 12.5. The first-order chi connectivity index (χ1) is 13.2. The number of amides is 1. The molecule has 0 aliphatic heterocycles. The molecule has 0 fully saturated rings. The van der Waals surface area contributed by atoms with Gasteiger partial charge in [-0.15, -0.1) is 0 Å². The summed E-state index contributed by atoms with van der Waals surface area (Å²) in [5.41, 5.74) is 0.721. The monoisotopic (exact) mass is 426 g/mol. The van der Waals surface area contributed by atoms with E-state index < -0.39 is 22.0 Å². The smallest absolute Gasteiger partial charge is 0.243 e. The third-order valence-electron chi connectivity index (χ3n) is 4.17. The van der Waals surface area contributed by atoms with Crippen molar-refractivity contribution < 1.29 is 22.7 Å². The highest BCUT2D eigenvalue weighted by molar-refractivity contribution is 7.89. The molecule has 2 rings (SSSR count). The number of nitrogens with zero attached hydrogens (tertiary/aromatic N) is 1. The minimum atomic E-state index is -3.81. The number of halogens is 1. The zero-order valence-corrected chi connectivity index (χ0v) is 17.7. The summed E-state index contributed by atoms with van der Waals surface area (Å²) in [6, 6.07) is 10.6. The van der Waals surface area contributed by atoms with Crippen molar-refractivity contribution >= 4 is 27.5 Å². The summed E-state index contributed by atoms with van der Waals surface area (Å²) in [6.07, 6.45) is 0. The highest BCUT2D eigenvalue weighted by Gasteiger charge is 2.24. The molecule has 2 aromatic rings. The molecule has 0 heterocycles. The van der Waals surface area contributed by atoms with Gasteiger partial charge in [-0.1, -0.05) is 11.6 Å². The van der Waals surface area contributed by atoms with Crippen molar-refractivity contribution in [3.05, 3.63) is 53.1 Å². The molecule has 1 unspecified atom stereocenters. The van der Waals surface area contributed by atoms with Crippen LogP contribution in [0.3, 0.4) is 0 Å². The standard InChI is InChI=1S/C19H23ClN2O5S/c1-13(17-11-15(26-3)7-10-18(17)27-4)21-19(23)12-22(2)28(24,25)16-8-5-14(20)6-9-16/h5-11,13H,12H2,1-4H3,(H,21,23). The van der Waals surface area contributed by atoms with Crippen LogP contribution in [0.4, 0.5) is 0 Å². The predicted octanol–water partition coefficient (Wildman–Crippen LogP) is 2.86. The average molecular weight is 427 g/mol. The van der Waals surface area contributed by atoms with Gasteiger partial charge in [0, 0.05) is 17.6 Å². The van der Waals surface area contributed by atoms with Gasteiger partial charge in [-0.25, -0.2) is 8.42 Å².